The SMILES string of the molecule is CC(O)[C@H](N)c1cc(I)ccc1O. The molecule has 2 atom stereocenters. The zero-order valence-corrected chi connectivity index (χ0v) is 9.39. The summed E-state index contributed by atoms with van der Waals surface area (Å²) >= 11 is 2.13. The second kappa shape index (κ2) is 4.26. The first-order chi connectivity index (χ1) is 6.02. The first kappa shape index (κ1) is 10.7. The van der Waals surface area contributed by atoms with Crippen LogP contribution in [0.4, 0.5) is 0 Å². The highest BCUT2D eigenvalue weighted by atomic mass is 127. The van der Waals surface area contributed by atoms with Gasteiger partial charge in [-0.3, -0.25) is 0 Å². The van der Waals surface area contributed by atoms with Gasteiger partial charge in [0.2, 0.25) is 0 Å². The van der Waals surface area contributed by atoms with Gasteiger partial charge in [0.15, 0.2) is 0 Å². The monoisotopic (exact) mass is 293 g/mol. The van der Waals surface area contributed by atoms with Crippen LogP contribution in [0.5, 0.6) is 5.75 Å². The van der Waals surface area contributed by atoms with Gasteiger partial charge in [-0.05, 0) is 47.7 Å². The van der Waals surface area contributed by atoms with Crippen molar-refractivity contribution in [1.82, 2.24) is 0 Å². The number of aliphatic hydroxyl groups excluding tert-OH is 1. The molecule has 1 rings (SSSR count). The number of benzene rings is 1. The maximum absolute atomic E-state index is 9.46. The van der Waals surface area contributed by atoms with Crippen molar-refractivity contribution in [1.29, 1.82) is 0 Å². The molecule has 0 aliphatic carbocycles. The maximum Gasteiger partial charge on any atom is 0.120 e. The van der Waals surface area contributed by atoms with Crippen LogP contribution in [0.25, 0.3) is 0 Å². The first-order valence-electron chi connectivity index (χ1n) is 3.94. The molecule has 13 heavy (non-hydrogen) atoms. The Morgan fingerprint density at radius 3 is 2.62 bits per heavy atom. The standard InChI is InChI=1S/C9H12INO2/c1-5(12)9(11)7-4-6(10)2-3-8(7)13/h2-5,9,12-13H,11H2,1H3/t5?,9-/m0/s1. The summed E-state index contributed by atoms with van der Waals surface area (Å²) in [5.74, 6) is 0.133. The van der Waals surface area contributed by atoms with E-state index in [1.54, 1.807) is 25.1 Å². The van der Waals surface area contributed by atoms with E-state index in [4.69, 9.17) is 5.73 Å². The molecule has 0 aliphatic rings. The highest BCUT2D eigenvalue weighted by Crippen LogP contribution is 2.26. The van der Waals surface area contributed by atoms with Crippen molar-refractivity contribution >= 4 is 22.6 Å². The molecule has 0 fully saturated rings. The Bertz CT molecular complexity index is 302. The van der Waals surface area contributed by atoms with E-state index in [-0.39, 0.29) is 5.75 Å². The number of halogens is 1. The van der Waals surface area contributed by atoms with Crippen molar-refractivity contribution in [2.75, 3.05) is 0 Å². The molecule has 0 amide bonds. The lowest BCUT2D eigenvalue weighted by Crippen LogP contribution is -2.23. The van der Waals surface area contributed by atoms with E-state index in [1.165, 1.54) is 0 Å². The molecule has 0 saturated heterocycles. The molecule has 0 spiro atoms. The molecule has 0 bridgehead atoms. The van der Waals surface area contributed by atoms with Crippen molar-refractivity contribution < 1.29 is 10.2 Å². The van der Waals surface area contributed by atoms with Gasteiger partial charge in [-0.15, -0.1) is 0 Å². The second-order valence-corrected chi connectivity index (χ2v) is 4.22. The van der Waals surface area contributed by atoms with Gasteiger partial charge in [0.1, 0.15) is 5.75 Å². The molecule has 4 N–H and O–H groups in total. The Kier molecular flexibility index (Phi) is 3.52. The zero-order valence-electron chi connectivity index (χ0n) is 7.24. The van der Waals surface area contributed by atoms with E-state index in [2.05, 4.69) is 22.6 Å². The van der Waals surface area contributed by atoms with Gasteiger partial charge in [0.25, 0.3) is 0 Å². The summed E-state index contributed by atoms with van der Waals surface area (Å²) in [6.07, 6.45) is -0.663. The summed E-state index contributed by atoms with van der Waals surface area (Å²) in [6.45, 7) is 1.60. The topological polar surface area (TPSA) is 66.5 Å². The minimum atomic E-state index is -0.663. The smallest absolute Gasteiger partial charge is 0.120 e. The lowest BCUT2D eigenvalue weighted by Gasteiger charge is -2.16. The lowest BCUT2D eigenvalue weighted by atomic mass is 10.0. The van der Waals surface area contributed by atoms with Crippen LogP contribution in [0, 0.1) is 3.57 Å². The second-order valence-electron chi connectivity index (χ2n) is 2.97. The Balaban J connectivity index is 3.05. The van der Waals surface area contributed by atoms with Crippen LogP contribution in [0.15, 0.2) is 18.2 Å². The van der Waals surface area contributed by atoms with E-state index in [9.17, 15) is 10.2 Å². The van der Waals surface area contributed by atoms with Gasteiger partial charge in [0.05, 0.1) is 12.1 Å². The van der Waals surface area contributed by atoms with Crippen LogP contribution in [0.2, 0.25) is 0 Å². The minimum Gasteiger partial charge on any atom is -0.508 e. The highest BCUT2D eigenvalue weighted by molar-refractivity contribution is 14.1. The van der Waals surface area contributed by atoms with Crippen LogP contribution < -0.4 is 5.73 Å². The van der Waals surface area contributed by atoms with Crippen molar-refractivity contribution in [3.8, 4) is 5.75 Å². The third-order valence-corrected chi connectivity index (χ3v) is 2.54. The Morgan fingerprint density at radius 2 is 2.08 bits per heavy atom. The van der Waals surface area contributed by atoms with Crippen LogP contribution in [-0.2, 0) is 0 Å². The molecule has 1 aromatic rings. The van der Waals surface area contributed by atoms with Crippen LogP contribution in [-0.4, -0.2) is 16.3 Å². The minimum absolute atomic E-state index is 0.133. The van der Waals surface area contributed by atoms with Crippen molar-refractivity contribution in [3.63, 3.8) is 0 Å². The first-order valence-corrected chi connectivity index (χ1v) is 5.02. The summed E-state index contributed by atoms with van der Waals surface area (Å²) in [6, 6.07) is 4.61. The van der Waals surface area contributed by atoms with Gasteiger partial charge in [-0.1, -0.05) is 0 Å². The van der Waals surface area contributed by atoms with Gasteiger partial charge in [-0.2, -0.15) is 0 Å². The van der Waals surface area contributed by atoms with Crippen LogP contribution in [0.3, 0.4) is 0 Å². The summed E-state index contributed by atoms with van der Waals surface area (Å²) in [7, 11) is 0. The van der Waals surface area contributed by atoms with E-state index >= 15 is 0 Å². The summed E-state index contributed by atoms with van der Waals surface area (Å²) in [5.41, 5.74) is 6.28. The van der Waals surface area contributed by atoms with Gasteiger partial charge in [0, 0.05) is 9.13 Å². The number of hydrogen-bond donors (Lipinski definition) is 3. The Morgan fingerprint density at radius 1 is 1.46 bits per heavy atom. The van der Waals surface area contributed by atoms with Crippen molar-refractivity contribution in [3.05, 3.63) is 27.3 Å². The average Bonchev–Trinajstić information content (AvgIpc) is 2.08. The highest BCUT2D eigenvalue weighted by Gasteiger charge is 2.15. The number of phenolic OH excluding ortho intramolecular Hbond substituents is 1. The molecule has 0 saturated carbocycles. The predicted molar refractivity (Wildman–Crippen MR) is 59.4 cm³/mol. The molecule has 1 unspecified atom stereocenters. The molecule has 0 aliphatic heterocycles. The average molecular weight is 293 g/mol. The number of aliphatic hydroxyl groups is 1. The van der Waals surface area contributed by atoms with Crippen LogP contribution in [0.1, 0.15) is 18.5 Å². The molecule has 0 heterocycles. The summed E-state index contributed by atoms with van der Waals surface area (Å²) in [5, 5.41) is 18.7. The van der Waals surface area contributed by atoms with Crippen molar-refractivity contribution in [2.24, 2.45) is 5.73 Å². The number of nitrogens with two attached hydrogens (primary N) is 1. The summed E-state index contributed by atoms with van der Waals surface area (Å²) < 4.78 is 0.988. The van der Waals surface area contributed by atoms with Gasteiger partial charge in [-0.25, -0.2) is 0 Å². The zero-order chi connectivity index (χ0) is 10.0. The molecule has 0 aromatic heterocycles. The molecule has 4 heteroatoms. The van der Waals surface area contributed by atoms with E-state index in [1.807, 2.05) is 0 Å². The van der Waals surface area contributed by atoms with Gasteiger partial charge >= 0.3 is 0 Å². The number of aromatic hydroxyl groups is 1. The molecule has 0 radical (unpaired) electrons. The molecule has 3 nitrogen and oxygen atoms in total. The molecule has 72 valence electrons. The normalized spacial score (nSPS) is 15.4. The number of hydrogen-bond acceptors (Lipinski definition) is 3. The van der Waals surface area contributed by atoms with Crippen LogP contribution >= 0.6 is 22.6 Å². The van der Waals surface area contributed by atoms with E-state index in [0.717, 1.165) is 3.57 Å². The number of phenols is 1. The Labute approximate surface area is 90.7 Å². The summed E-state index contributed by atoms with van der Waals surface area (Å²) in [4.78, 5) is 0. The lowest BCUT2D eigenvalue weighted by molar-refractivity contribution is 0.163. The molecular weight excluding hydrogens is 281 g/mol. The largest absolute Gasteiger partial charge is 0.508 e. The fraction of sp³-hybridized carbons (Fsp3) is 0.333. The van der Waals surface area contributed by atoms with E-state index in [0.29, 0.717) is 5.56 Å². The Hall–Kier alpha value is -0.330. The fourth-order valence-electron chi connectivity index (χ4n) is 1.05. The van der Waals surface area contributed by atoms with Crippen molar-refractivity contribution in [2.45, 2.75) is 19.1 Å². The predicted octanol–water partition coefficient (Wildman–Crippen LogP) is 1.38. The fourth-order valence-corrected chi connectivity index (χ4v) is 1.57. The van der Waals surface area contributed by atoms with Gasteiger partial charge < -0.3 is 15.9 Å². The quantitative estimate of drug-likeness (QED) is 0.722. The van der Waals surface area contributed by atoms with E-state index < -0.39 is 12.1 Å². The third-order valence-electron chi connectivity index (χ3n) is 1.87. The molecular formula is C9H12INO2. The third kappa shape index (κ3) is 2.55. The number of rotatable bonds is 2. The maximum atomic E-state index is 9.46. The molecule has 1 aromatic carbocycles.